The van der Waals surface area contributed by atoms with Gasteiger partial charge in [-0.3, -0.25) is 4.79 Å². The van der Waals surface area contributed by atoms with Crippen molar-refractivity contribution in [3.05, 3.63) is 69.2 Å². The molecule has 0 fully saturated rings. The van der Waals surface area contributed by atoms with Crippen molar-refractivity contribution in [2.45, 2.75) is 26.4 Å². The molecule has 4 heteroatoms. The molecule has 0 N–H and O–H groups in total. The molecule has 0 spiro atoms. The third-order valence-corrected chi connectivity index (χ3v) is 4.46. The van der Waals surface area contributed by atoms with Crippen LogP contribution in [0, 0.1) is 0 Å². The maximum Gasteiger partial charge on any atom is 0.254 e. The van der Waals surface area contributed by atoms with Gasteiger partial charge in [-0.15, -0.1) is 0 Å². The van der Waals surface area contributed by atoms with Gasteiger partial charge in [-0.2, -0.15) is 0 Å². The van der Waals surface area contributed by atoms with Crippen LogP contribution >= 0.6 is 27.5 Å². The second-order valence-corrected chi connectivity index (χ2v) is 6.40. The van der Waals surface area contributed by atoms with E-state index >= 15 is 0 Å². The summed E-state index contributed by atoms with van der Waals surface area (Å²) in [5.41, 5.74) is 1.75. The van der Waals surface area contributed by atoms with Crippen molar-refractivity contribution in [3.63, 3.8) is 0 Å². The van der Waals surface area contributed by atoms with Crippen LogP contribution in [0.5, 0.6) is 0 Å². The number of benzene rings is 2. The summed E-state index contributed by atoms with van der Waals surface area (Å²) in [5, 5.41) is 0.603. The highest BCUT2D eigenvalue weighted by atomic mass is 79.9. The molecule has 0 aliphatic carbocycles. The van der Waals surface area contributed by atoms with Crippen molar-refractivity contribution < 1.29 is 4.79 Å². The van der Waals surface area contributed by atoms with Gasteiger partial charge in [0.15, 0.2) is 0 Å². The lowest BCUT2D eigenvalue weighted by molar-refractivity contribution is 0.0690. The van der Waals surface area contributed by atoms with Gasteiger partial charge in [0, 0.05) is 22.6 Å². The van der Waals surface area contributed by atoms with Crippen LogP contribution in [0.1, 0.15) is 29.8 Å². The van der Waals surface area contributed by atoms with Crippen molar-refractivity contribution in [1.29, 1.82) is 0 Å². The van der Waals surface area contributed by atoms with E-state index in [1.807, 2.05) is 49.1 Å². The predicted molar refractivity (Wildman–Crippen MR) is 90.6 cm³/mol. The van der Waals surface area contributed by atoms with E-state index in [1.54, 1.807) is 18.2 Å². The van der Waals surface area contributed by atoms with E-state index in [1.165, 1.54) is 0 Å². The van der Waals surface area contributed by atoms with Crippen molar-refractivity contribution in [1.82, 2.24) is 4.90 Å². The molecule has 0 saturated heterocycles. The molecule has 110 valence electrons. The van der Waals surface area contributed by atoms with E-state index < -0.39 is 0 Å². The number of nitrogens with zero attached hydrogens (tertiary/aromatic N) is 1. The van der Waals surface area contributed by atoms with Crippen molar-refractivity contribution >= 4 is 33.4 Å². The van der Waals surface area contributed by atoms with E-state index in [0.29, 0.717) is 17.1 Å². The standard InChI is InChI=1S/C17H17BrClNO/c1-12(2)20(11-13-6-4-3-5-7-13)17(21)14-8-9-16(19)15(18)10-14/h3-10,12H,11H2,1-2H3. The Morgan fingerprint density at radius 2 is 1.86 bits per heavy atom. The fraction of sp³-hybridized carbons (Fsp3) is 0.235. The molecular weight excluding hydrogens is 350 g/mol. The van der Waals surface area contributed by atoms with Gasteiger partial charge in [-0.25, -0.2) is 0 Å². The van der Waals surface area contributed by atoms with Gasteiger partial charge in [0.05, 0.1) is 5.02 Å². The summed E-state index contributed by atoms with van der Waals surface area (Å²) in [6, 6.07) is 15.4. The molecule has 0 saturated carbocycles. The zero-order valence-corrected chi connectivity index (χ0v) is 14.4. The zero-order valence-electron chi connectivity index (χ0n) is 12.0. The number of hydrogen-bond donors (Lipinski definition) is 0. The summed E-state index contributed by atoms with van der Waals surface area (Å²) in [6.45, 7) is 4.63. The molecule has 0 aliphatic heterocycles. The highest BCUT2D eigenvalue weighted by Crippen LogP contribution is 2.24. The Balaban J connectivity index is 2.25. The number of amides is 1. The second-order valence-electron chi connectivity index (χ2n) is 5.14. The molecule has 2 rings (SSSR count). The summed E-state index contributed by atoms with van der Waals surface area (Å²) in [5.74, 6) is 0.00576. The topological polar surface area (TPSA) is 20.3 Å². The molecule has 2 aromatic rings. The maximum atomic E-state index is 12.7. The normalized spacial score (nSPS) is 10.7. The summed E-state index contributed by atoms with van der Waals surface area (Å²) in [6.07, 6.45) is 0. The van der Waals surface area contributed by atoms with Gasteiger partial charge in [0.25, 0.3) is 5.91 Å². The van der Waals surface area contributed by atoms with Gasteiger partial charge < -0.3 is 4.90 Å². The largest absolute Gasteiger partial charge is 0.332 e. The molecule has 0 radical (unpaired) electrons. The van der Waals surface area contributed by atoms with Gasteiger partial charge >= 0.3 is 0 Å². The molecular formula is C17H17BrClNO. The molecule has 2 aromatic carbocycles. The third-order valence-electron chi connectivity index (χ3n) is 3.25. The predicted octanol–water partition coefficient (Wildman–Crippen LogP) is 5.15. The monoisotopic (exact) mass is 365 g/mol. The molecule has 0 unspecified atom stereocenters. The first kappa shape index (κ1) is 16.1. The van der Waals surface area contributed by atoms with Crippen LogP contribution in [0.4, 0.5) is 0 Å². The first-order chi connectivity index (χ1) is 9.99. The number of hydrogen-bond acceptors (Lipinski definition) is 1. The Hall–Kier alpha value is -1.32. The lowest BCUT2D eigenvalue weighted by Crippen LogP contribution is -2.36. The Labute approximate surface area is 138 Å². The van der Waals surface area contributed by atoms with E-state index in [2.05, 4.69) is 15.9 Å². The summed E-state index contributed by atoms with van der Waals surface area (Å²) in [7, 11) is 0. The highest BCUT2D eigenvalue weighted by Gasteiger charge is 2.19. The minimum atomic E-state index is 0.00576. The molecule has 0 heterocycles. The Bertz CT molecular complexity index is 628. The average molecular weight is 367 g/mol. The number of rotatable bonds is 4. The Kier molecular flexibility index (Phi) is 5.43. The van der Waals surface area contributed by atoms with Gasteiger partial charge in [-0.05, 0) is 53.5 Å². The van der Waals surface area contributed by atoms with E-state index in [0.717, 1.165) is 10.0 Å². The van der Waals surface area contributed by atoms with Crippen LogP contribution < -0.4 is 0 Å². The quantitative estimate of drug-likeness (QED) is 0.732. The maximum absolute atomic E-state index is 12.7. The molecule has 0 bridgehead atoms. The fourth-order valence-electron chi connectivity index (χ4n) is 2.06. The Morgan fingerprint density at radius 1 is 1.19 bits per heavy atom. The minimum Gasteiger partial charge on any atom is -0.332 e. The lowest BCUT2D eigenvalue weighted by Gasteiger charge is -2.27. The summed E-state index contributed by atoms with van der Waals surface area (Å²) in [4.78, 5) is 14.6. The number of carbonyl (C=O) groups excluding carboxylic acids is 1. The summed E-state index contributed by atoms with van der Waals surface area (Å²) >= 11 is 9.35. The lowest BCUT2D eigenvalue weighted by atomic mass is 10.1. The van der Waals surface area contributed by atoms with Gasteiger partial charge in [0.1, 0.15) is 0 Å². The molecule has 0 aliphatic rings. The van der Waals surface area contributed by atoms with E-state index in [4.69, 9.17) is 11.6 Å². The molecule has 0 atom stereocenters. The highest BCUT2D eigenvalue weighted by molar-refractivity contribution is 9.10. The molecule has 1 amide bonds. The van der Waals surface area contributed by atoms with Gasteiger partial charge in [-0.1, -0.05) is 41.9 Å². The Morgan fingerprint density at radius 3 is 2.43 bits per heavy atom. The van der Waals surface area contributed by atoms with Crippen molar-refractivity contribution in [3.8, 4) is 0 Å². The first-order valence-electron chi connectivity index (χ1n) is 6.79. The zero-order chi connectivity index (χ0) is 15.4. The van der Waals surface area contributed by atoms with E-state index in [-0.39, 0.29) is 11.9 Å². The first-order valence-corrected chi connectivity index (χ1v) is 7.96. The second kappa shape index (κ2) is 7.10. The van der Waals surface area contributed by atoms with Crippen LogP contribution in [0.3, 0.4) is 0 Å². The number of halogens is 2. The van der Waals surface area contributed by atoms with Gasteiger partial charge in [0.2, 0.25) is 0 Å². The van der Waals surface area contributed by atoms with Crippen LogP contribution in [-0.2, 0) is 6.54 Å². The van der Waals surface area contributed by atoms with Crippen LogP contribution in [0.25, 0.3) is 0 Å². The van der Waals surface area contributed by atoms with Crippen LogP contribution in [0.15, 0.2) is 53.0 Å². The van der Waals surface area contributed by atoms with Crippen LogP contribution in [-0.4, -0.2) is 16.8 Å². The molecule has 21 heavy (non-hydrogen) atoms. The van der Waals surface area contributed by atoms with Crippen LogP contribution in [0.2, 0.25) is 5.02 Å². The third kappa shape index (κ3) is 4.08. The minimum absolute atomic E-state index is 0.00576. The fourth-order valence-corrected chi connectivity index (χ4v) is 2.56. The SMILES string of the molecule is CC(C)N(Cc1ccccc1)C(=O)c1ccc(Cl)c(Br)c1. The average Bonchev–Trinajstić information content (AvgIpc) is 2.47. The van der Waals surface area contributed by atoms with E-state index in [9.17, 15) is 4.79 Å². The summed E-state index contributed by atoms with van der Waals surface area (Å²) < 4.78 is 0.735. The number of carbonyl (C=O) groups is 1. The molecule has 2 nitrogen and oxygen atoms in total. The smallest absolute Gasteiger partial charge is 0.254 e. The van der Waals surface area contributed by atoms with Crippen molar-refractivity contribution in [2.75, 3.05) is 0 Å². The van der Waals surface area contributed by atoms with Crippen molar-refractivity contribution in [2.24, 2.45) is 0 Å². The molecule has 0 aromatic heterocycles.